The summed E-state index contributed by atoms with van der Waals surface area (Å²) < 4.78 is 1.76. The topological polar surface area (TPSA) is 46.8 Å². The van der Waals surface area contributed by atoms with Gasteiger partial charge in [0.1, 0.15) is 0 Å². The second-order valence-electron chi connectivity index (χ2n) is 3.70. The van der Waals surface area contributed by atoms with Crippen molar-refractivity contribution in [3.05, 3.63) is 5.82 Å². The molecule has 1 aliphatic rings. The molecule has 2 rings (SSSR count). The third-order valence-electron chi connectivity index (χ3n) is 2.80. The van der Waals surface area contributed by atoms with Crippen molar-refractivity contribution in [1.82, 2.24) is 25.1 Å². The summed E-state index contributed by atoms with van der Waals surface area (Å²) in [6.45, 7) is 1.20. The lowest BCUT2D eigenvalue weighted by Crippen LogP contribution is -2.27. The fraction of sp³-hybridized carbons (Fsp3) is 0.875. The van der Waals surface area contributed by atoms with Gasteiger partial charge in [0.15, 0.2) is 5.82 Å². The zero-order chi connectivity index (χ0) is 9.26. The molecule has 0 radical (unpaired) electrons. The Labute approximate surface area is 77.7 Å². The van der Waals surface area contributed by atoms with Crippen LogP contribution in [0.5, 0.6) is 0 Å². The highest BCUT2D eigenvalue weighted by Crippen LogP contribution is 2.17. The van der Waals surface area contributed by atoms with E-state index in [4.69, 9.17) is 0 Å². The highest BCUT2D eigenvalue weighted by Gasteiger charge is 2.22. The number of likely N-dealkylation sites (N-methyl/N-ethyl adjacent to an activating group) is 1. The summed E-state index contributed by atoms with van der Waals surface area (Å²) in [5.41, 5.74) is 0. The van der Waals surface area contributed by atoms with E-state index in [1.807, 2.05) is 7.05 Å². The predicted molar refractivity (Wildman–Crippen MR) is 48.2 cm³/mol. The lowest BCUT2D eigenvalue weighted by molar-refractivity contribution is 0.303. The van der Waals surface area contributed by atoms with Gasteiger partial charge in [-0.3, -0.25) is 0 Å². The maximum absolute atomic E-state index is 3.99. The van der Waals surface area contributed by atoms with Crippen LogP contribution in [0.4, 0.5) is 0 Å². The third-order valence-corrected chi connectivity index (χ3v) is 2.80. The molecule has 1 aromatic rings. The molecule has 72 valence electrons. The Balaban J connectivity index is 2.01. The Morgan fingerprint density at radius 2 is 2.31 bits per heavy atom. The first-order valence-corrected chi connectivity index (χ1v) is 4.69. The van der Waals surface area contributed by atoms with Crippen LogP contribution in [0, 0.1) is 0 Å². The number of rotatable bonds is 2. The lowest BCUT2D eigenvalue weighted by atomic mass is 10.1. The first-order valence-electron chi connectivity index (χ1n) is 4.69. The average Bonchev–Trinajstić information content (AvgIpc) is 2.65. The molecule has 1 saturated heterocycles. The highest BCUT2D eigenvalue weighted by atomic mass is 15.5. The van der Waals surface area contributed by atoms with Gasteiger partial charge >= 0.3 is 0 Å². The van der Waals surface area contributed by atoms with Crippen molar-refractivity contribution >= 4 is 0 Å². The summed E-state index contributed by atoms with van der Waals surface area (Å²) in [5, 5.41) is 11.4. The van der Waals surface area contributed by atoms with Crippen LogP contribution >= 0.6 is 0 Å². The van der Waals surface area contributed by atoms with E-state index in [2.05, 4.69) is 27.5 Å². The molecule has 0 amide bonds. The first kappa shape index (κ1) is 8.62. The highest BCUT2D eigenvalue weighted by molar-refractivity contribution is 4.89. The largest absolute Gasteiger partial charge is 0.303 e. The van der Waals surface area contributed by atoms with Crippen LogP contribution in [0.3, 0.4) is 0 Å². The van der Waals surface area contributed by atoms with Crippen LogP contribution in [-0.4, -0.2) is 44.7 Å². The van der Waals surface area contributed by atoms with E-state index in [1.165, 1.54) is 19.4 Å². The molecule has 5 heteroatoms. The number of tetrazole rings is 1. The minimum Gasteiger partial charge on any atom is -0.303 e. The lowest BCUT2D eigenvalue weighted by Gasteiger charge is -2.17. The molecule has 0 bridgehead atoms. The smallest absolute Gasteiger partial charge is 0.152 e. The monoisotopic (exact) mass is 181 g/mol. The molecule has 0 aromatic carbocycles. The van der Waals surface area contributed by atoms with Crippen molar-refractivity contribution < 1.29 is 0 Å². The van der Waals surface area contributed by atoms with Crippen LogP contribution < -0.4 is 0 Å². The summed E-state index contributed by atoms with van der Waals surface area (Å²) in [7, 11) is 4.06. The van der Waals surface area contributed by atoms with Gasteiger partial charge in [0.25, 0.3) is 0 Å². The van der Waals surface area contributed by atoms with E-state index >= 15 is 0 Å². The van der Waals surface area contributed by atoms with Crippen LogP contribution in [0.2, 0.25) is 0 Å². The summed E-state index contributed by atoms with van der Waals surface area (Å²) in [6, 6.07) is 0.629. The second-order valence-corrected chi connectivity index (χ2v) is 3.70. The van der Waals surface area contributed by atoms with Gasteiger partial charge in [-0.25, -0.2) is 4.68 Å². The van der Waals surface area contributed by atoms with E-state index in [0.717, 1.165) is 12.2 Å². The first-order chi connectivity index (χ1) is 6.27. The minimum atomic E-state index is 0.629. The van der Waals surface area contributed by atoms with E-state index in [-0.39, 0.29) is 0 Å². The Morgan fingerprint density at radius 3 is 2.85 bits per heavy atom. The molecular weight excluding hydrogens is 166 g/mol. The second kappa shape index (κ2) is 3.41. The Hall–Kier alpha value is -0.970. The Kier molecular flexibility index (Phi) is 2.26. The van der Waals surface area contributed by atoms with E-state index in [9.17, 15) is 0 Å². The summed E-state index contributed by atoms with van der Waals surface area (Å²) >= 11 is 0. The van der Waals surface area contributed by atoms with Crippen molar-refractivity contribution in [2.45, 2.75) is 25.3 Å². The van der Waals surface area contributed by atoms with Gasteiger partial charge in [0.05, 0.1) is 0 Å². The number of hydrogen-bond acceptors (Lipinski definition) is 4. The molecule has 0 N–H and O–H groups in total. The molecular formula is C8H15N5. The maximum Gasteiger partial charge on any atom is 0.152 e. The fourth-order valence-corrected chi connectivity index (χ4v) is 1.87. The van der Waals surface area contributed by atoms with Crippen molar-refractivity contribution in [3.63, 3.8) is 0 Å². The van der Waals surface area contributed by atoms with Crippen LogP contribution in [0.15, 0.2) is 0 Å². The van der Waals surface area contributed by atoms with Crippen LogP contribution in [-0.2, 0) is 13.5 Å². The predicted octanol–water partition coefficient (Wildman–Crippen LogP) is -0.153. The molecule has 1 unspecified atom stereocenters. The molecule has 13 heavy (non-hydrogen) atoms. The van der Waals surface area contributed by atoms with E-state index in [1.54, 1.807) is 4.68 Å². The molecule has 1 atom stereocenters. The van der Waals surface area contributed by atoms with Crippen molar-refractivity contribution in [1.29, 1.82) is 0 Å². The number of hydrogen-bond donors (Lipinski definition) is 0. The van der Waals surface area contributed by atoms with E-state index < -0.39 is 0 Å². The summed E-state index contributed by atoms with van der Waals surface area (Å²) in [6.07, 6.45) is 3.54. The zero-order valence-corrected chi connectivity index (χ0v) is 8.14. The standard InChI is InChI=1S/C8H15N5/c1-12-5-3-4-7(12)6-8-9-10-11-13(8)2/h7H,3-6H2,1-2H3. The van der Waals surface area contributed by atoms with Crippen LogP contribution in [0.1, 0.15) is 18.7 Å². The van der Waals surface area contributed by atoms with Crippen molar-refractivity contribution in [3.8, 4) is 0 Å². The molecule has 5 nitrogen and oxygen atoms in total. The van der Waals surface area contributed by atoms with Crippen molar-refractivity contribution in [2.75, 3.05) is 13.6 Å². The average molecular weight is 181 g/mol. The SMILES string of the molecule is CN1CCCC1Cc1nnnn1C. The van der Waals surface area contributed by atoms with Crippen LogP contribution in [0.25, 0.3) is 0 Å². The van der Waals surface area contributed by atoms with Gasteiger partial charge in [-0.2, -0.15) is 0 Å². The number of nitrogens with zero attached hydrogens (tertiary/aromatic N) is 5. The Morgan fingerprint density at radius 1 is 1.46 bits per heavy atom. The van der Waals surface area contributed by atoms with Gasteiger partial charge < -0.3 is 4.90 Å². The molecule has 1 aliphatic heterocycles. The van der Waals surface area contributed by atoms with E-state index in [0.29, 0.717) is 6.04 Å². The van der Waals surface area contributed by atoms with Gasteiger partial charge in [-0.15, -0.1) is 5.10 Å². The van der Waals surface area contributed by atoms with Gasteiger partial charge in [0, 0.05) is 19.5 Å². The van der Waals surface area contributed by atoms with Crippen molar-refractivity contribution in [2.24, 2.45) is 7.05 Å². The van der Waals surface area contributed by atoms with Gasteiger partial charge in [-0.1, -0.05) is 0 Å². The number of likely N-dealkylation sites (tertiary alicyclic amines) is 1. The number of aryl methyl sites for hydroxylation is 1. The molecule has 0 saturated carbocycles. The Bertz CT molecular complexity index is 282. The normalized spacial score (nSPS) is 24.0. The molecule has 1 aromatic heterocycles. The summed E-state index contributed by atoms with van der Waals surface area (Å²) in [4.78, 5) is 2.38. The third kappa shape index (κ3) is 1.70. The number of aromatic nitrogens is 4. The quantitative estimate of drug-likeness (QED) is 0.636. The summed E-state index contributed by atoms with van der Waals surface area (Å²) in [5.74, 6) is 0.985. The molecule has 2 heterocycles. The zero-order valence-electron chi connectivity index (χ0n) is 8.14. The molecule has 0 spiro atoms. The molecule has 0 aliphatic carbocycles. The minimum absolute atomic E-state index is 0.629. The molecule has 1 fully saturated rings. The van der Waals surface area contributed by atoms with Gasteiger partial charge in [-0.05, 0) is 36.9 Å². The maximum atomic E-state index is 3.99. The van der Waals surface area contributed by atoms with Gasteiger partial charge in [0.2, 0.25) is 0 Å². The fourth-order valence-electron chi connectivity index (χ4n) is 1.87.